The van der Waals surface area contributed by atoms with Gasteiger partial charge in [0.1, 0.15) is 0 Å². The Balaban J connectivity index is 0.0000000900. The van der Waals surface area contributed by atoms with Crippen LogP contribution in [0.3, 0.4) is 0 Å². The van der Waals surface area contributed by atoms with E-state index < -0.39 is 0 Å². The maximum absolute atomic E-state index is 3.00. The maximum atomic E-state index is 3.00. The number of nitrogens with one attached hydrogen (secondary N) is 1. The summed E-state index contributed by atoms with van der Waals surface area (Å²) in [6, 6.07) is 0. The summed E-state index contributed by atoms with van der Waals surface area (Å²) < 4.78 is 0. The molecule has 1 heterocycles. The van der Waals surface area contributed by atoms with Crippen LogP contribution < -0.4 is 5.32 Å². The van der Waals surface area contributed by atoms with Gasteiger partial charge in [-0.3, -0.25) is 0 Å². The van der Waals surface area contributed by atoms with Crippen molar-refractivity contribution in [2.75, 3.05) is 13.1 Å². The van der Waals surface area contributed by atoms with Crippen molar-refractivity contribution in [3.05, 3.63) is 7.43 Å². The van der Waals surface area contributed by atoms with Crippen LogP contribution in [0.2, 0.25) is 0 Å². The van der Waals surface area contributed by atoms with E-state index in [1.165, 1.54) is 13.1 Å². The summed E-state index contributed by atoms with van der Waals surface area (Å²) >= 11 is 0. The lowest BCUT2D eigenvalue weighted by molar-refractivity contribution is 1.34. The molecule has 0 aromatic carbocycles. The fraction of sp³-hybridized carbons (Fsp3) is 0.667. The second-order valence-corrected chi connectivity index (χ2v) is 0.750. The third-order valence-corrected chi connectivity index (χ3v) is 0.250. The van der Waals surface area contributed by atoms with Crippen molar-refractivity contribution in [1.82, 2.24) is 5.32 Å². The minimum atomic E-state index is 0. The molecule has 0 spiro atoms. The van der Waals surface area contributed by atoms with Crippen molar-refractivity contribution < 1.29 is 0 Å². The second kappa shape index (κ2) is 1.30. The van der Waals surface area contributed by atoms with Gasteiger partial charge in [0.05, 0.1) is 0 Å². The molecule has 0 amide bonds. The van der Waals surface area contributed by atoms with Crippen LogP contribution >= 0.6 is 0 Å². The second-order valence-electron chi connectivity index (χ2n) is 0.750. The lowest BCUT2D eigenvalue weighted by Gasteiger charge is -1.21. The molecule has 1 fully saturated rings. The molecule has 0 unspecified atom stereocenters. The SMILES string of the molecule is C1CN1.[C]. The number of rotatable bonds is 0. The largest absolute Gasteiger partial charge is 0.314 e. The van der Waals surface area contributed by atoms with Gasteiger partial charge in [0.2, 0.25) is 0 Å². The molecule has 1 aliphatic heterocycles. The van der Waals surface area contributed by atoms with Crippen LogP contribution in [-0.2, 0) is 0 Å². The average Bonchev–Trinajstić information content (AvgIpc) is 1.46. The van der Waals surface area contributed by atoms with Crippen molar-refractivity contribution in [2.45, 2.75) is 0 Å². The van der Waals surface area contributed by atoms with Crippen molar-refractivity contribution in [3.8, 4) is 0 Å². The van der Waals surface area contributed by atoms with Crippen LogP contribution in [0, 0.1) is 7.43 Å². The summed E-state index contributed by atoms with van der Waals surface area (Å²) in [5.74, 6) is 0. The first-order valence-corrected chi connectivity index (χ1v) is 1.21. The first-order chi connectivity index (χ1) is 1.50. The van der Waals surface area contributed by atoms with Gasteiger partial charge in [-0.25, -0.2) is 0 Å². The van der Waals surface area contributed by atoms with Gasteiger partial charge in [-0.05, 0) is 0 Å². The van der Waals surface area contributed by atoms with Crippen LogP contribution in [0.4, 0.5) is 0 Å². The zero-order chi connectivity index (χ0) is 2.12. The van der Waals surface area contributed by atoms with E-state index in [1.807, 2.05) is 0 Å². The molecule has 0 bridgehead atoms. The fourth-order valence-corrected chi connectivity index (χ4v) is 0. The summed E-state index contributed by atoms with van der Waals surface area (Å²) in [4.78, 5) is 0. The number of hydrogen-bond acceptors (Lipinski definition) is 1. The van der Waals surface area contributed by atoms with E-state index in [4.69, 9.17) is 0 Å². The maximum Gasteiger partial charge on any atom is 0.00772 e. The molecule has 4 radical (unpaired) electrons. The molecular weight excluding hydrogens is 50.0 g/mol. The van der Waals surface area contributed by atoms with E-state index in [-0.39, 0.29) is 7.43 Å². The molecule has 0 aliphatic carbocycles. The number of hydrogen-bond donors (Lipinski definition) is 1. The van der Waals surface area contributed by atoms with Crippen molar-refractivity contribution >= 4 is 0 Å². The molecule has 1 saturated heterocycles. The monoisotopic (exact) mass is 55.0 g/mol. The molecule has 0 saturated carbocycles. The smallest absolute Gasteiger partial charge is 0.00772 e. The first kappa shape index (κ1) is 3.96. The van der Waals surface area contributed by atoms with Gasteiger partial charge in [0.15, 0.2) is 0 Å². The molecule has 0 aromatic rings. The Morgan fingerprint density at radius 1 is 1.25 bits per heavy atom. The van der Waals surface area contributed by atoms with E-state index in [0.29, 0.717) is 0 Å². The van der Waals surface area contributed by atoms with Gasteiger partial charge in [-0.15, -0.1) is 0 Å². The summed E-state index contributed by atoms with van der Waals surface area (Å²) in [5, 5.41) is 3.00. The van der Waals surface area contributed by atoms with Gasteiger partial charge in [0, 0.05) is 20.5 Å². The highest BCUT2D eigenvalue weighted by Crippen LogP contribution is 1.65. The third kappa shape index (κ3) is 1.96. The lowest BCUT2D eigenvalue weighted by atomic mass is 11.0. The summed E-state index contributed by atoms with van der Waals surface area (Å²) in [6.45, 7) is 2.50. The Bertz CT molecular complexity index is 8.00. The van der Waals surface area contributed by atoms with E-state index in [9.17, 15) is 0 Å². The Hall–Kier alpha value is -0.0400. The minimum Gasteiger partial charge on any atom is -0.314 e. The standard InChI is InChI=1S/C2H5N.C/c1-2-3-1;/h3H,1-2H2;. The van der Waals surface area contributed by atoms with Gasteiger partial charge in [-0.1, -0.05) is 0 Å². The van der Waals surface area contributed by atoms with Gasteiger partial charge in [-0.2, -0.15) is 0 Å². The molecule has 0 atom stereocenters. The Labute approximate surface area is 27.0 Å². The van der Waals surface area contributed by atoms with E-state index in [1.54, 1.807) is 0 Å². The van der Waals surface area contributed by atoms with Crippen LogP contribution in [0.15, 0.2) is 0 Å². The molecule has 1 nitrogen and oxygen atoms in total. The van der Waals surface area contributed by atoms with Crippen LogP contribution in [0.25, 0.3) is 0 Å². The fourth-order valence-electron chi connectivity index (χ4n) is 0. The van der Waals surface area contributed by atoms with Gasteiger partial charge < -0.3 is 5.32 Å². The molecule has 1 rings (SSSR count). The van der Waals surface area contributed by atoms with E-state index >= 15 is 0 Å². The Morgan fingerprint density at radius 3 is 1.50 bits per heavy atom. The Morgan fingerprint density at radius 2 is 1.50 bits per heavy atom. The molecule has 1 aliphatic rings. The molecule has 4 heavy (non-hydrogen) atoms. The van der Waals surface area contributed by atoms with Crippen molar-refractivity contribution in [1.29, 1.82) is 0 Å². The quantitative estimate of drug-likeness (QED) is 0.376. The predicted octanol–water partition coefficient (Wildman–Crippen LogP) is -0.329. The third-order valence-electron chi connectivity index (χ3n) is 0.250. The normalized spacial score (nSPS) is 18.0. The highest BCUT2D eigenvalue weighted by molar-refractivity contribution is 4.58. The highest BCUT2D eigenvalue weighted by Gasteiger charge is 1.91. The lowest BCUT2D eigenvalue weighted by Crippen LogP contribution is -1.56. The molecule has 22 valence electrons. The van der Waals surface area contributed by atoms with Crippen LogP contribution in [0.1, 0.15) is 0 Å². The average molecular weight is 55.1 g/mol. The topological polar surface area (TPSA) is 21.9 Å². The van der Waals surface area contributed by atoms with Crippen molar-refractivity contribution in [2.24, 2.45) is 0 Å². The van der Waals surface area contributed by atoms with Crippen LogP contribution in [-0.4, -0.2) is 13.1 Å². The molecule has 1 N–H and O–H groups in total. The summed E-state index contributed by atoms with van der Waals surface area (Å²) in [7, 11) is 0. The highest BCUT2D eigenvalue weighted by atomic mass is 15.0. The zero-order valence-corrected chi connectivity index (χ0v) is 2.41. The first-order valence-electron chi connectivity index (χ1n) is 1.21. The molecule has 0 aromatic heterocycles. The minimum absolute atomic E-state index is 0. The zero-order valence-electron chi connectivity index (χ0n) is 2.41. The van der Waals surface area contributed by atoms with Crippen LogP contribution in [0.5, 0.6) is 0 Å². The van der Waals surface area contributed by atoms with Gasteiger partial charge in [0.25, 0.3) is 0 Å². The van der Waals surface area contributed by atoms with E-state index in [2.05, 4.69) is 5.32 Å². The molecular formula is C3H5N. The summed E-state index contributed by atoms with van der Waals surface area (Å²) in [6.07, 6.45) is 0. The predicted molar refractivity (Wildman–Crippen MR) is 16.1 cm³/mol. The molecule has 1 heteroatoms. The van der Waals surface area contributed by atoms with E-state index in [0.717, 1.165) is 0 Å². The van der Waals surface area contributed by atoms with Crippen molar-refractivity contribution in [3.63, 3.8) is 0 Å². The van der Waals surface area contributed by atoms with Gasteiger partial charge >= 0.3 is 0 Å². The summed E-state index contributed by atoms with van der Waals surface area (Å²) in [5.41, 5.74) is 0. The Kier molecular flexibility index (Phi) is 1.28.